The van der Waals surface area contributed by atoms with Gasteiger partial charge >= 0.3 is 0 Å². The second-order valence-corrected chi connectivity index (χ2v) is 6.39. The van der Waals surface area contributed by atoms with Crippen LogP contribution in [0.3, 0.4) is 0 Å². The number of rotatable bonds is 3. The van der Waals surface area contributed by atoms with Crippen LogP contribution in [0.15, 0.2) is 24.3 Å². The number of nitrogens with zero attached hydrogens (tertiary/aromatic N) is 1. The maximum Gasteiger partial charge on any atom is 0.0716 e. The highest BCUT2D eigenvalue weighted by molar-refractivity contribution is 5.32. The summed E-state index contributed by atoms with van der Waals surface area (Å²) in [5.41, 5.74) is 9.09. The smallest absolute Gasteiger partial charge is 0.0716 e. The minimum absolute atomic E-state index is 0.138. The first-order valence-corrected chi connectivity index (χ1v) is 7.04. The number of hydrogen-bond acceptors (Lipinski definition) is 3. The maximum atomic E-state index is 6.38. The zero-order chi connectivity index (χ0) is 14.0. The number of methoxy groups -OCH3 is 1. The third kappa shape index (κ3) is 2.99. The molecule has 0 radical (unpaired) electrons. The van der Waals surface area contributed by atoms with Gasteiger partial charge in [0.2, 0.25) is 0 Å². The summed E-state index contributed by atoms with van der Waals surface area (Å²) < 4.78 is 5.32. The van der Waals surface area contributed by atoms with Crippen molar-refractivity contribution in [2.75, 3.05) is 13.7 Å². The summed E-state index contributed by atoms with van der Waals surface area (Å²) in [5.74, 6) is 0. The van der Waals surface area contributed by atoms with Gasteiger partial charge in [0, 0.05) is 25.2 Å². The van der Waals surface area contributed by atoms with Crippen LogP contribution in [0.5, 0.6) is 0 Å². The number of hydrogen-bond donors (Lipinski definition) is 1. The second-order valence-electron chi connectivity index (χ2n) is 6.39. The normalized spacial score (nSPS) is 24.9. The van der Waals surface area contributed by atoms with Crippen LogP contribution in [-0.4, -0.2) is 30.1 Å². The molecule has 0 spiro atoms. The third-order valence-electron chi connectivity index (χ3n) is 3.98. The van der Waals surface area contributed by atoms with Crippen LogP contribution < -0.4 is 5.73 Å². The van der Waals surface area contributed by atoms with Crippen molar-refractivity contribution >= 4 is 0 Å². The lowest BCUT2D eigenvalue weighted by molar-refractivity contribution is 0.114. The van der Waals surface area contributed by atoms with Gasteiger partial charge in [-0.15, -0.1) is 0 Å². The lowest BCUT2D eigenvalue weighted by Gasteiger charge is -2.39. The molecule has 2 unspecified atom stereocenters. The van der Waals surface area contributed by atoms with Crippen molar-refractivity contribution in [1.82, 2.24) is 4.90 Å². The molecule has 1 aromatic carbocycles. The number of nitrogens with two attached hydrogens (primary N) is 1. The van der Waals surface area contributed by atoms with Crippen molar-refractivity contribution in [2.45, 2.75) is 51.4 Å². The summed E-state index contributed by atoms with van der Waals surface area (Å²) in [5, 5.41) is 0. The van der Waals surface area contributed by atoms with Gasteiger partial charge in [-0.2, -0.15) is 0 Å². The zero-order valence-electron chi connectivity index (χ0n) is 12.5. The molecule has 2 atom stereocenters. The average molecular weight is 262 g/mol. The first-order chi connectivity index (χ1) is 8.95. The van der Waals surface area contributed by atoms with Crippen LogP contribution in [-0.2, 0) is 11.3 Å². The molecule has 0 saturated carbocycles. The predicted molar refractivity (Wildman–Crippen MR) is 78.9 cm³/mol. The Morgan fingerprint density at radius 3 is 2.63 bits per heavy atom. The molecular formula is C16H26N2O. The Morgan fingerprint density at radius 1 is 1.32 bits per heavy atom. The molecule has 1 aromatic rings. The molecule has 0 amide bonds. The standard InChI is InChI=1S/C16H26N2O/c1-16(2,3)18-10-9-14(17)15(18)13-8-6-5-7-12(13)11-19-4/h5-8,14-15H,9-11,17H2,1-4H3. The molecule has 0 bridgehead atoms. The van der Waals surface area contributed by atoms with Gasteiger partial charge in [-0.05, 0) is 38.3 Å². The topological polar surface area (TPSA) is 38.5 Å². The summed E-state index contributed by atoms with van der Waals surface area (Å²) in [4.78, 5) is 2.52. The lowest BCUT2D eigenvalue weighted by atomic mass is 9.93. The van der Waals surface area contributed by atoms with Crippen LogP contribution in [0.4, 0.5) is 0 Å². The fourth-order valence-corrected chi connectivity index (χ4v) is 3.08. The van der Waals surface area contributed by atoms with Crippen molar-refractivity contribution in [1.29, 1.82) is 0 Å². The van der Waals surface area contributed by atoms with Crippen molar-refractivity contribution in [3.63, 3.8) is 0 Å². The predicted octanol–water partition coefficient (Wildman–Crippen LogP) is 2.71. The summed E-state index contributed by atoms with van der Waals surface area (Å²) >= 11 is 0. The fourth-order valence-electron chi connectivity index (χ4n) is 3.08. The van der Waals surface area contributed by atoms with E-state index in [0.717, 1.165) is 13.0 Å². The van der Waals surface area contributed by atoms with Gasteiger partial charge in [-0.1, -0.05) is 24.3 Å². The Hall–Kier alpha value is -0.900. The number of ether oxygens (including phenoxy) is 1. The van der Waals surface area contributed by atoms with Gasteiger partial charge in [0.25, 0.3) is 0 Å². The highest BCUT2D eigenvalue weighted by atomic mass is 16.5. The van der Waals surface area contributed by atoms with Crippen LogP contribution in [0.2, 0.25) is 0 Å². The Morgan fingerprint density at radius 2 is 2.00 bits per heavy atom. The second kappa shape index (κ2) is 5.61. The van der Waals surface area contributed by atoms with Crippen LogP contribution in [0.1, 0.15) is 44.4 Å². The number of likely N-dealkylation sites (tertiary alicyclic amines) is 1. The molecule has 106 valence electrons. The van der Waals surface area contributed by atoms with Gasteiger partial charge in [0.1, 0.15) is 0 Å². The first-order valence-electron chi connectivity index (χ1n) is 7.04. The summed E-state index contributed by atoms with van der Waals surface area (Å²) in [6.07, 6.45) is 1.06. The fraction of sp³-hybridized carbons (Fsp3) is 0.625. The van der Waals surface area contributed by atoms with Crippen molar-refractivity contribution < 1.29 is 4.74 Å². The van der Waals surface area contributed by atoms with Gasteiger partial charge in [0.15, 0.2) is 0 Å². The summed E-state index contributed by atoms with van der Waals surface area (Å²) in [6.45, 7) is 8.50. The van der Waals surface area contributed by atoms with Crippen LogP contribution in [0, 0.1) is 0 Å². The van der Waals surface area contributed by atoms with Gasteiger partial charge in [-0.3, -0.25) is 4.90 Å². The van der Waals surface area contributed by atoms with E-state index in [1.165, 1.54) is 11.1 Å². The Labute approximate surface area is 116 Å². The third-order valence-corrected chi connectivity index (χ3v) is 3.98. The molecule has 1 saturated heterocycles. The maximum absolute atomic E-state index is 6.38. The van der Waals surface area contributed by atoms with Crippen LogP contribution >= 0.6 is 0 Å². The monoisotopic (exact) mass is 262 g/mol. The molecule has 0 aromatic heterocycles. The van der Waals surface area contributed by atoms with Gasteiger partial charge < -0.3 is 10.5 Å². The molecule has 19 heavy (non-hydrogen) atoms. The highest BCUT2D eigenvalue weighted by Crippen LogP contribution is 2.38. The zero-order valence-corrected chi connectivity index (χ0v) is 12.5. The molecule has 1 aliphatic rings. The Bertz CT molecular complexity index is 425. The highest BCUT2D eigenvalue weighted by Gasteiger charge is 2.39. The minimum atomic E-state index is 0.138. The molecule has 1 fully saturated rings. The average Bonchev–Trinajstić information content (AvgIpc) is 2.72. The van der Waals surface area contributed by atoms with E-state index in [4.69, 9.17) is 10.5 Å². The van der Waals surface area contributed by atoms with Crippen molar-refractivity contribution in [3.8, 4) is 0 Å². The Kier molecular flexibility index (Phi) is 4.29. The van der Waals surface area contributed by atoms with E-state index < -0.39 is 0 Å². The van der Waals surface area contributed by atoms with E-state index in [-0.39, 0.29) is 11.6 Å². The van der Waals surface area contributed by atoms with Crippen molar-refractivity contribution in [3.05, 3.63) is 35.4 Å². The molecule has 3 nitrogen and oxygen atoms in total. The number of benzene rings is 1. The quantitative estimate of drug-likeness (QED) is 0.910. The summed E-state index contributed by atoms with van der Waals surface area (Å²) in [6, 6.07) is 9.01. The SMILES string of the molecule is COCc1ccccc1C1C(N)CCN1C(C)(C)C. The molecule has 2 N–H and O–H groups in total. The molecule has 2 rings (SSSR count). The first kappa shape index (κ1) is 14.5. The van der Waals surface area contributed by atoms with E-state index in [2.05, 4.69) is 49.9 Å². The summed E-state index contributed by atoms with van der Waals surface area (Å²) in [7, 11) is 1.74. The van der Waals surface area contributed by atoms with Crippen LogP contribution in [0.25, 0.3) is 0 Å². The molecular weight excluding hydrogens is 236 g/mol. The van der Waals surface area contributed by atoms with Crippen molar-refractivity contribution in [2.24, 2.45) is 5.73 Å². The van der Waals surface area contributed by atoms with Gasteiger partial charge in [-0.25, -0.2) is 0 Å². The minimum Gasteiger partial charge on any atom is -0.380 e. The van der Waals surface area contributed by atoms with E-state index in [1.54, 1.807) is 7.11 Å². The lowest BCUT2D eigenvalue weighted by Crippen LogP contribution is -2.43. The molecule has 0 aliphatic carbocycles. The van der Waals surface area contributed by atoms with E-state index >= 15 is 0 Å². The van der Waals surface area contributed by atoms with E-state index in [0.29, 0.717) is 12.6 Å². The van der Waals surface area contributed by atoms with E-state index in [1.807, 2.05) is 0 Å². The molecule has 1 aliphatic heterocycles. The Balaban J connectivity index is 2.38. The van der Waals surface area contributed by atoms with Gasteiger partial charge in [0.05, 0.1) is 12.6 Å². The largest absolute Gasteiger partial charge is 0.380 e. The van der Waals surface area contributed by atoms with E-state index in [9.17, 15) is 0 Å². The molecule has 1 heterocycles. The molecule has 3 heteroatoms.